The fourth-order valence-electron chi connectivity index (χ4n) is 2.49. The van der Waals surface area contributed by atoms with Crippen LogP contribution in [0.4, 0.5) is 24.5 Å². The van der Waals surface area contributed by atoms with E-state index in [1.807, 2.05) is 0 Å². The van der Waals surface area contributed by atoms with E-state index in [0.717, 1.165) is 16.4 Å². The molecule has 152 valence electrons. The van der Waals surface area contributed by atoms with Crippen molar-refractivity contribution in [2.75, 3.05) is 38.4 Å². The number of carbonyl (C=O) groups is 1. The maximum Gasteiger partial charge on any atom is 0.417 e. The van der Waals surface area contributed by atoms with Crippen molar-refractivity contribution < 1.29 is 26.4 Å². The summed E-state index contributed by atoms with van der Waals surface area (Å²) in [5.41, 5.74) is -1.11. The van der Waals surface area contributed by atoms with Gasteiger partial charge in [-0.2, -0.15) is 13.2 Å². The van der Waals surface area contributed by atoms with Gasteiger partial charge in [0.15, 0.2) is 0 Å². The van der Waals surface area contributed by atoms with Gasteiger partial charge in [0, 0.05) is 28.2 Å². The number of sulfonamides is 1. The highest BCUT2D eigenvalue weighted by molar-refractivity contribution is 7.89. The third-order valence-electron chi connectivity index (χ3n) is 3.95. The number of hydrogen-bond acceptors (Lipinski definition) is 4. The molecular weight excluding hydrogens is 395 g/mol. The second-order valence-corrected chi connectivity index (χ2v) is 8.51. The number of nitrogens with zero attached hydrogens (tertiary/aromatic N) is 2. The molecule has 2 aromatic rings. The van der Waals surface area contributed by atoms with Crippen molar-refractivity contribution in [3.63, 3.8) is 0 Å². The molecule has 0 bridgehead atoms. The van der Waals surface area contributed by atoms with Gasteiger partial charge in [-0.15, -0.1) is 0 Å². The van der Waals surface area contributed by atoms with Crippen LogP contribution in [-0.4, -0.2) is 46.8 Å². The van der Waals surface area contributed by atoms with Crippen LogP contribution in [0.25, 0.3) is 0 Å². The number of halogens is 3. The molecule has 0 saturated carbocycles. The summed E-state index contributed by atoms with van der Waals surface area (Å²) >= 11 is 0. The molecule has 0 saturated heterocycles. The van der Waals surface area contributed by atoms with Gasteiger partial charge in [-0.1, -0.05) is 12.1 Å². The minimum absolute atomic E-state index is 0.0786. The van der Waals surface area contributed by atoms with Gasteiger partial charge in [0.2, 0.25) is 10.0 Å². The predicted octanol–water partition coefficient (Wildman–Crippen LogP) is 3.27. The number of anilines is 2. The molecule has 10 heteroatoms. The highest BCUT2D eigenvalue weighted by Crippen LogP contribution is 2.33. The summed E-state index contributed by atoms with van der Waals surface area (Å²) in [5, 5.41) is 2.41. The fourth-order valence-corrected chi connectivity index (χ4v) is 3.42. The van der Waals surface area contributed by atoms with Crippen molar-refractivity contribution in [1.82, 2.24) is 4.31 Å². The zero-order valence-corrected chi connectivity index (χ0v) is 16.5. The largest absolute Gasteiger partial charge is 0.417 e. The van der Waals surface area contributed by atoms with Crippen molar-refractivity contribution in [2.24, 2.45) is 0 Å². The maximum absolute atomic E-state index is 13.2. The van der Waals surface area contributed by atoms with E-state index in [9.17, 15) is 26.4 Å². The van der Waals surface area contributed by atoms with E-state index in [4.69, 9.17) is 0 Å². The highest BCUT2D eigenvalue weighted by Gasteiger charge is 2.35. The van der Waals surface area contributed by atoms with Crippen LogP contribution in [0, 0.1) is 0 Å². The van der Waals surface area contributed by atoms with Crippen LogP contribution in [0.3, 0.4) is 0 Å². The Kier molecular flexibility index (Phi) is 6.05. The summed E-state index contributed by atoms with van der Waals surface area (Å²) in [7, 11) is 2.24. The van der Waals surface area contributed by atoms with Gasteiger partial charge < -0.3 is 10.2 Å². The Morgan fingerprint density at radius 2 is 1.61 bits per heavy atom. The lowest BCUT2D eigenvalue weighted by atomic mass is 10.1. The Morgan fingerprint density at radius 3 is 2.14 bits per heavy atom. The Balaban J connectivity index is 2.52. The molecule has 0 unspecified atom stereocenters. The van der Waals surface area contributed by atoms with Crippen LogP contribution in [0.1, 0.15) is 15.9 Å². The lowest BCUT2D eigenvalue weighted by Crippen LogP contribution is -2.24. The first-order valence-corrected chi connectivity index (χ1v) is 9.51. The van der Waals surface area contributed by atoms with E-state index >= 15 is 0 Å². The molecule has 0 fully saturated rings. The molecule has 0 aromatic heterocycles. The predicted molar refractivity (Wildman–Crippen MR) is 101 cm³/mol. The van der Waals surface area contributed by atoms with Gasteiger partial charge in [0.25, 0.3) is 5.91 Å². The number of rotatable bonds is 5. The number of nitrogens with one attached hydrogen (secondary N) is 1. The SMILES string of the molecule is CN(C)c1ccc(S(=O)(=O)N(C)C)cc1NC(=O)c1ccccc1C(F)(F)F. The van der Waals surface area contributed by atoms with Crippen LogP contribution in [0.2, 0.25) is 0 Å². The lowest BCUT2D eigenvalue weighted by molar-refractivity contribution is -0.137. The van der Waals surface area contributed by atoms with Crippen molar-refractivity contribution in [3.8, 4) is 0 Å². The number of alkyl halides is 3. The van der Waals surface area contributed by atoms with Crippen molar-refractivity contribution in [2.45, 2.75) is 11.1 Å². The molecule has 1 N–H and O–H groups in total. The molecule has 0 aliphatic carbocycles. The Labute approximate surface area is 161 Å². The van der Waals surface area contributed by atoms with Crippen molar-refractivity contribution >= 4 is 27.3 Å². The van der Waals surface area contributed by atoms with Crippen molar-refractivity contribution in [3.05, 3.63) is 53.6 Å². The molecule has 28 heavy (non-hydrogen) atoms. The minimum atomic E-state index is -4.70. The van der Waals surface area contributed by atoms with Gasteiger partial charge >= 0.3 is 6.18 Å². The summed E-state index contributed by atoms with van der Waals surface area (Å²) < 4.78 is 65.3. The molecule has 0 aliphatic rings. The monoisotopic (exact) mass is 415 g/mol. The van der Waals surface area contributed by atoms with Gasteiger partial charge in [-0.25, -0.2) is 12.7 Å². The first-order valence-electron chi connectivity index (χ1n) is 8.07. The molecule has 1 amide bonds. The third kappa shape index (κ3) is 4.45. The Bertz CT molecular complexity index is 987. The molecule has 2 aromatic carbocycles. The summed E-state index contributed by atoms with van der Waals surface area (Å²) in [6.07, 6.45) is -4.70. The molecule has 0 heterocycles. The summed E-state index contributed by atoms with van der Waals surface area (Å²) in [6, 6.07) is 8.45. The second-order valence-electron chi connectivity index (χ2n) is 6.36. The Hall–Kier alpha value is -2.59. The zero-order chi connectivity index (χ0) is 21.3. The fraction of sp³-hybridized carbons (Fsp3) is 0.278. The van der Waals surface area contributed by atoms with Gasteiger partial charge in [-0.05, 0) is 30.3 Å². The van der Waals surface area contributed by atoms with E-state index in [1.54, 1.807) is 19.0 Å². The average Bonchev–Trinajstić information content (AvgIpc) is 2.60. The van der Waals surface area contributed by atoms with Crippen molar-refractivity contribution in [1.29, 1.82) is 0 Å². The molecule has 0 spiro atoms. The molecule has 0 atom stereocenters. The summed E-state index contributed by atoms with van der Waals surface area (Å²) in [5.74, 6) is -0.990. The van der Waals surface area contributed by atoms with Crippen LogP contribution in [0.5, 0.6) is 0 Å². The Morgan fingerprint density at radius 1 is 1.00 bits per heavy atom. The molecule has 6 nitrogen and oxygen atoms in total. The minimum Gasteiger partial charge on any atom is -0.376 e. The van der Waals surface area contributed by atoms with Crippen LogP contribution in [-0.2, 0) is 16.2 Å². The molecular formula is C18H20F3N3O3S. The topological polar surface area (TPSA) is 69.7 Å². The number of hydrogen-bond donors (Lipinski definition) is 1. The zero-order valence-electron chi connectivity index (χ0n) is 15.7. The molecule has 0 aliphatic heterocycles. The van der Waals surface area contributed by atoms with Crippen LogP contribution < -0.4 is 10.2 Å². The number of benzene rings is 2. The maximum atomic E-state index is 13.2. The lowest BCUT2D eigenvalue weighted by Gasteiger charge is -2.21. The second kappa shape index (κ2) is 7.80. The van der Waals surface area contributed by atoms with Crippen LogP contribution >= 0.6 is 0 Å². The summed E-state index contributed by atoms with van der Waals surface area (Å²) in [6.45, 7) is 0. The molecule has 0 radical (unpaired) electrons. The van der Waals surface area contributed by atoms with Gasteiger partial charge in [0.1, 0.15) is 0 Å². The van der Waals surface area contributed by atoms with E-state index in [-0.39, 0.29) is 10.6 Å². The van der Waals surface area contributed by atoms with E-state index < -0.39 is 33.2 Å². The summed E-state index contributed by atoms with van der Waals surface area (Å²) in [4.78, 5) is 14.1. The normalized spacial score (nSPS) is 12.1. The van der Waals surface area contributed by atoms with Gasteiger partial charge in [-0.3, -0.25) is 4.79 Å². The number of carbonyl (C=O) groups excluding carboxylic acids is 1. The van der Waals surface area contributed by atoms with E-state index in [2.05, 4.69) is 5.32 Å². The molecule has 2 rings (SSSR count). The first kappa shape index (κ1) is 21.7. The number of amides is 1. The standard InChI is InChI=1S/C18H20F3N3O3S/c1-23(2)16-10-9-12(28(26,27)24(3)4)11-15(16)22-17(25)13-7-5-6-8-14(13)18(19,20)21/h5-11H,1-4H3,(H,22,25). The van der Waals surface area contributed by atoms with E-state index in [0.29, 0.717) is 5.69 Å². The highest BCUT2D eigenvalue weighted by atomic mass is 32.2. The quantitative estimate of drug-likeness (QED) is 0.814. The smallest absolute Gasteiger partial charge is 0.376 e. The first-order chi connectivity index (χ1) is 12.9. The van der Waals surface area contributed by atoms with E-state index in [1.165, 1.54) is 44.4 Å². The third-order valence-corrected chi connectivity index (χ3v) is 5.76. The van der Waals surface area contributed by atoms with Crippen LogP contribution in [0.15, 0.2) is 47.4 Å². The average molecular weight is 415 g/mol. The van der Waals surface area contributed by atoms with Gasteiger partial charge in [0.05, 0.1) is 27.4 Å².